The van der Waals surface area contributed by atoms with Gasteiger partial charge in [0.2, 0.25) is 0 Å². The van der Waals surface area contributed by atoms with Crippen molar-refractivity contribution in [1.29, 1.82) is 5.26 Å². The van der Waals surface area contributed by atoms with Gasteiger partial charge >= 0.3 is 0 Å². The second-order valence-electron chi connectivity index (χ2n) is 5.82. The lowest BCUT2D eigenvalue weighted by Crippen LogP contribution is -2.55. The number of carbonyl (C=O) groups excluding carboxylic acids is 1. The Kier molecular flexibility index (Phi) is 4.41. The van der Waals surface area contributed by atoms with Gasteiger partial charge in [0.1, 0.15) is 11.7 Å². The van der Waals surface area contributed by atoms with Crippen LogP contribution in [0.15, 0.2) is 12.3 Å². The molecule has 0 radical (unpaired) electrons. The van der Waals surface area contributed by atoms with Crippen LogP contribution in [0.3, 0.4) is 0 Å². The molecule has 0 bridgehead atoms. The number of ether oxygens (including phenoxy) is 1. The maximum Gasteiger partial charge on any atom is 0.274 e. The fraction of sp³-hybridized carbons (Fsp3) is 0.667. The van der Waals surface area contributed by atoms with E-state index < -0.39 is 0 Å². The van der Waals surface area contributed by atoms with E-state index in [1.807, 2.05) is 0 Å². The smallest absolute Gasteiger partial charge is 0.274 e. The van der Waals surface area contributed by atoms with Crippen LogP contribution in [0.2, 0.25) is 0 Å². The Morgan fingerprint density at radius 3 is 3.00 bits per heavy atom. The summed E-state index contributed by atoms with van der Waals surface area (Å²) in [6.45, 7) is 3.10. The quantitative estimate of drug-likeness (QED) is 0.784. The molecule has 2 heterocycles. The first kappa shape index (κ1) is 15.0. The van der Waals surface area contributed by atoms with Crippen LogP contribution in [0, 0.1) is 11.3 Å². The first-order chi connectivity index (χ1) is 10.7. The number of rotatable bonds is 5. The average Bonchev–Trinajstić information content (AvgIpc) is 3.29. The van der Waals surface area contributed by atoms with Crippen molar-refractivity contribution in [3.8, 4) is 6.07 Å². The molecular weight excluding hydrogens is 282 g/mol. The van der Waals surface area contributed by atoms with Gasteiger partial charge < -0.3 is 9.64 Å². The molecule has 2 aliphatic rings. The topological polar surface area (TPSA) is 74.4 Å². The summed E-state index contributed by atoms with van der Waals surface area (Å²) in [5.41, 5.74) is 0.438. The van der Waals surface area contributed by atoms with E-state index in [1.165, 1.54) is 12.8 Å². The van der Waals surface area contributed by atoms with Crippen molar-refractivity contribution >= 4 is 5.91 Å². The van der Waals surface area contributed by atoms with Crippen LogP contribution in [-0.4, -0.2) is 70.9 Å². The Hall–Kier alpha value is -1.91. The van der Waals surface area contributed by atoms with E-state index in [2.05, 4.69) is 16.1 Å². The van der Waals surface area contributed by atoms with Gasteiger partial charge in [0, 0.05) is 32.4 Å². The number of nitriles is 1. The summed E-state index contributed by atoms with van der Waals surface area (Å²) in [7, 11) is 1.64. The third-order valence-corrected chi connectivity index (χ3v) is 4.26. The van der Waals surface area contributed by atoms with E-state index in [-0.39, 0.29) is 11.9 Å². The molecule has 1 aromatic heterocycles. The largest absolute Gasteiger partial charge is 0.383 e. The number of methoxy groups -OCH3 is 1. The Morgan fingerprint density at radius 1 is 1.50 bits per heavy atom. The van der Waals surface area contributed by atoms with E-state index in [0.29, 0.717) is 38.0 Å². The van der Waals surface area contributed by atoms with E-state index in [4.69, 9.17) is 4.74 Å². The van der Waals surface area contributed by atoms with Gasteiger partial charge in [0.05, 0.1) is 25.8 Å². The molecule has 1 saturated carbocycles. The number of amides is 1. The predicted molar refractivity (Wildman–Crippen MR) is 79.1 cm³/mol. The monoisotopic (exact) mass is 303 g/mol. The first-order valence-corrected chi connectivity index (χ1v) is 7.70. The molecule has 1 aliphatic heterocycles. The molecule has 1 saturated heterocycles. The molecule has 0 N–H and O–H groups in total. The summed E-state index contributed by atoms with van der Waals surface area (Å²) >= 11 is 0. The normalized spacial score (nSPS) is 22.5. The molecule has 1 unspecified atom stereocenters. The highest BCUT2D eigenvalue weighted by molar-refractivity contribution is 5.92. The summed E-state index contributed by atoms with van der Waals surface area (Å²) in [4.78, 5) is 16.5. The second kappa shape index (κ2) is 6.46. The van der Waals surface area contributed by atoms with E-state index >= 15 is 0 Å². The molecule has 3 rings (SSSR count). The number of carbonyl (C=O) groups is 1. The molecule has 22 heavy (non-hydrogen) atoms. The minimum atomic E-state index is -0.194. The van der Waals surface area contributed by atoms with Gasteiger partial charge in [0.15, 0.2) is 0 Å². The third-order valence-electron chi connectivity index (χ3n) is 4.26. The van der Waals surface area contributed by atoms with Crippen molar-refractivity contribution in [2.45, 2.75) is 31.5 Å². The van der Waals surface area contributed by atoms with Crippen LogP contribution in [-0.2, 0) is 11.3 Å². The first-order valence-electron chi connectivity index (χ1n) is 7.70. The summed E-state index contributed by atoms with van der Waals surface area (Å²) in [6, 6.07) is 4.42. The zero-order valence-corrected chi connectivity index (χ0v) is 12.8. The van der Waals surface area contributed by atoms with Gasteiger partial charge in [-0.3, -0.25) is 14.4 Å². The molecule has 1 aliphatic carbocycles. The fourth-order valence-electron chi connectivity index (χ4n) is 2.89. The van der Waals surface area contributed by atoms with Crippen molar-refractivity contribution in [2.75, 3.05) is 33.4 Å². The highest BCUT2D eigenvalue weighted by Crippen LogP contribution is 2.30. The molecule has 1 atom stereocenters. The third kappa shape index (κ3) is 3.13. The molecule has 0 aromatic carbocycles. The lowest BCUT2D eigenvalue weighted by molar-refractivity contribution is 0.0544. The lowest BCUT2D eigenvalue weighted by atomic mass is 10.1. The lowest BCUT2D eigenvalue weighted by Gasteiger charge is -2.38. The zero-order chi connectivity index (χ0) is 15.5. The summed E-state index contributed by atoms with van der Waals surface area (Å²) in [6.07, 6.45) is 4.14. The van der Waals surface area contributed by atoms with Crippen LogP contribution in [0.25, 0.3) is 0 Å². The Labute approximate surface area is 130 Å². The second-order valence-corrected chi connectivity index (χ2v) is 5.82. The molecule has 1 aromatic rings. The van der Waals surface area contributed by atoms with Crippen molar-refractivity contribution in [1.82, 2.24) is 19.6 Å². The number of piperazine rings is 1. The van der Waals surface area contributed by atoms with Crippen LogP contribution < -0.4 is 0 Å². The summed E-state index contributed by atoms with van der Waals surface area (Å²) in [5, 5.41) is 13.6. The van der Waals surface area contributed by atoms with Crippen molar-refractivity contribution in [2.24, 2.45) is 0 Å². The van der Waals surface area contributed by atoms with E-state index in [0.717, 1.165) is 6.54 Å². The van der Waals surface area contributed by atoms with E-state index in [9.17, 15) is 10.1 Å². The van der Waals surface area contributed by atoms with Gasteiger partial charge in [0.25, 0.3) is 5.91 Å². The van der Waals surface area contributed by atoms with Gasteiger partial charge in [-0.1, -0.05) is 0 Å². The van der Waals surface area contributed by atoms with Gasteiger partial charge in [-0.15, -0.1) is 0 Å². The fourth-order valence-corrected chi connectivity index (χ4v) is 2.89. The van der Waals surface area contributed by atoms with E-state index in [1.54, 1.807) is 29.0 Å². The predicted octanol–water partition coefficient (Wildman–Crippen LogP) is 0.342. The summed E-state index contributed by atoms with van der Waals surface area (Å²) in [5.74, 6) is -0.0909. The minimum Gasteiger partial charge on any atom is -0.383 e. The van der Waals surface area contributed by atoms with Gasteiger partial charge in [-0.25, -0.2) is 0 Å². The van der Waals surface area contributed by atoms with Gasteiger partial charge in [-0.05, 0) is 18.9 Å². The van der Waals surface area contributed by atoms with Crippen molar-refractivity contribution < 1.29 is 9.53 Å². The molecule has 0 spiro atoms. The zero-order valence-electron chi connectivity index (χ0n) is 12.8. The van der Waals surface area contributed by atoms with Crippen molar-refractivity contribution in [3.63, 3.8) is 0 Å². The standard InChI is InChI=1S/C15H21N5O2/c1-22-9-8-19-5-4-14(17-19)15(21)18-6-7-20(12-2-3-12)13(10-16)11-18/h4-5,12-13H,2-3,6-9,11H2,1H3. The number of nitrogens with zero attached hydrogens (tertiary/aromatic N) is 5. The van der Waals surface area contributed by atoms with Crippen molar-refractivity contribution in [3.05, 3.63) is 18.0 Å². The summed E-state index contributed by atoms with van der Waals surface area (Å²) < 4.78 is 6.71. The van der Waals surface area contributed by atoms with Crippen LogP contribution in [0.4, 0.5) is 0 Å². The maximum atomic E-state index is 12.5. The molecule has 7 nitrogen and oxygen atoms in total. The average molecular weight is 303 g/mol. The SMILES string of the molecule is COCCn1ccc(C(=O)N2CCN(C3CC3)C(C#N)C2)n1. The Morgan fingerprint density at radius 2 is 2.32 bits per heavy atom. The van der Waals surface area contributed by atoms with Gasteiger partial charge in [-0.2, -0.15) is 10.4 Å². The molecule has 118 valence electrons. The van der Waals surface area contributed by atoms with Crippen LogP contribution >= 0.6 is 0 Å². The highest BCUT2D eigenvalue weighted by atomic mass is 16.5. The molecule has 7 heteroatoms. The maximum absolute atomic E-state index is 12.5. The number of hydrogen-bond donors (Lipinski definition) is 0. The molecule has 1 amide bonds. The highest BCUT2D eigenvalue weighted by Gasteiger charge is 2.38. The molecule has 2 fully saturated rings. The Bertz CT molecular complexity index is 575. The number of hydrogen-bond acceptors (Lipinski definition) is 5. The molecular formula is C15H21N5O2. The number of aromatic nitrogens is 2. The Balaban J connectivity index is 1.62. The van der Waals surface area contributed by atoms with Crippen LogP contribution in [0.5, 0.6) is 0 Å². The minimum absolute atomic E-state index is 0.0909. The van der Waals surface area contributed by atoms with Crippen LogP contribution in [0.1, 0.15) is 23.3 Å².